The third kappa shape index (κ3) is 3.28. The lowest BCUT2D eigenvalue weighted by Crippen LogP contribution is -2.12. The van der Waals surface area contributed by atoms with Crippen LogP contribution in [0.4, 0.5) is 13.2 Å². The fraction of sp³-hybridized carbons (Fsp3) is 0.438. The standard InChI is InChI=1S/C16H17F3N4S/c1-9(2)8-11-4-6-12(7-5-11)10(3)13-22-23-14(16(17,18)19)20-21-15(23)24-13/h4-7,9-10H,8H2,1-3H3/t10-/m1/s1. The van der Waals surface area contributed by atoms with Gasteiger partial charge in [0.1, 0.15) is 5.01 Å². The van der Waals surface area contributed by atoms with E-state index in [1.807, 2.05) is 19.1 Å². The van der Waals surface area contributed by atoms with E-state index in [1.165, 1.54) is 5.56 Å². The Kier molecular flexibility index (Phi) is 4.33. The van der Waals surface area contributed by atoms with E-state index in [0.29, 0.717) is 10.9 Å². The summed E-state index contributed by atoms with van der Waals surface area (Å²) in [4.78, 5) is 0.153. The molecule has 0 fully saturated rings. The molecule has 4 nitrogen and oxygen atoms in total. The molecule has 0 unspecified atom stereocenters. The van der Waals surface area contributed by atoms with Crippen LogP contribution in [0.15, 0.2) is 24.3 Å². The topological polar surface area (TPSA) is 43.1 Å². The molecule has 1 aromatic carbocycles. The molecule has 0 spiro atoms. The third-order valence-electron chi connectivity index (χ3n) is 3.75. The molecule has 0 aliphatic carbocycles. The van der Waals surface area contributed by atoms with Crippen molar-refractivity contribution in [3.8, 4) is 0 Å². The molecule has 0 radical (unpaired) electrons. The number of fused-ring (bicyclic) bond motifs is 1. The van der Waals surface area contributed by atoms with Crippen LogP contribution >= 0.6 is 11.3 Å². The summed E-state index contributed by atoms with van der Waals surface area (Å²) in [5.74, 6) is -0.612. The summed E-state index contributed by atoms with van der Waals surface area (Å²) < 4.78 is 39.4. The Morgan fingerprint density at radius 1 is 1.08 bits per heavy atom. The summed E-state index contributed by atoms with van der Waals surface area (Å²) in [5.41, 5.74) is 2.26. The molecular weight excluding hydrogens is 337 g/mol. The number of nitrogens with zero attached hydrogens (tertiary/aromatic N) is 4. The molecule has 0 bridgehead atoms. The van der Waals surface area contributed by atoms with Gasteiger partial charge in [0.15, 0.2) is 0 Å². The lowest BCUT2D eigenvalue weighted by atomic mass is 9.97. The maximum atomic E-state index is 12.9. The Hall–Kier alpha value is -1.96. The number of alkyl halides is 3. The molecule has 1 atom stereocenters. The molecule has 128 valence electrons. The van der Waals surface area contributed by atoms with Gasteiger partial charge in [-0.3, -0.25) is 0 Å². The smallest absolute Gasteiger partial charge is 0.178 e. The lowest BCUT2D eigenvalue weighted by molar-refractivity contribution is -0.146. The molecular formula is C16H17F3N4S. The van der Waals surface area contributed by atoms with Gasteiger partial charge in [-0.05, 0) is 23.5 Å². The Balaban J connectivity index is 1.88. The minimum absolute atomic E-state index is 0.106. The fourth-order valence-electron chi connectivity index (χ4n) is 2.54. The van der Waals surface area contributed by atoms with E-state index in [0.717, 1.165) is 27.8 Å². The van der Waals surface area contributed by atoms with Crippen molar-refractivity contribution in [3.05, 3.63) is 46.2 Å². The molecule has 0 aliphatic rings. The number of benzene rings is 1. The van der Waals surface area contributed by atoms with Crippen molar-refractivity contribution in [2.24, 2.45) is 5.92 Å². The van der Waals surface area contributed by atoms with E-state index in [9.17, 15) is 13.2 Å². The monoisotopic (exact) mass is 354 g/mol. The van der Waals surface area contributed by atoms with Crippen LogP contribution in [0.1, 0.15) is 48.6 Å². The highest BCUT2D eigenvalue weighted by Gasteiger charge is 2.38. The molecule has 0 saturated heterocycles. The van der Waals surface area contributed by atoms with Gasteiger partial charge in [-0.25, -0.2) is 0 Å². The molecule has 0 saturated carbocycles. The second-order valence-corrected chi connectivity index (χ2v) is 7.20. The van der Waals surface area contributed by atoms with E-state index in [1.54, 1.807) is 0 Å². The highest BCUT2D eigenvalue weighted by atomic mass is 32.1. The van der Waals surface area contributed by atoms with Crippen LogP contribution in [0.3, 0.4) is 0 Å². The van der Waals surface area contributed by atoms with Gasteiger partial charge in [-0.1, -0.05) is 56.4 Å². The lowest BCUT2D eigenvalue weighted by Gasteiger charge is -2.10. The normalized spacial score (nSPS) is 13.8. The summed E-state index contributed by atoms with van der Waals surface area (Å²) in [7, 11) is 0. The molecule has 2 aromatic heterocycles. The first-order chi connectivity index (χ1) is 11.3. The number of rotatable bonds is 4. The van der Waals surface area contributed by atoms with Crippen molar-refractivity contribution in [2.75, 3.05) is 0 Å². The number of hydrogen-bond donors (Lipinski definition) is 0. The maximum Gasteiger partial charge on any atom is 0.453 e. The van der Waals surface area contributed by atoms with Gasteiger partial charge in [0, 0.05) is 5.92 Å². The summed E-state index contributed by atoms with van der Waals surface area (Å²) in [6, 6.07) is 8.14. The van der Waals surface area contributed by atoms with Crippen LogP contribution in [0.5, 0.6) is 0 Å². The van der Waals surface area contributed by atoms with Crippen molar-refractivity contribution < 1.29 is 13.2 Å². The van der Waals surface area contributed by atoms with E-state index < -0.39 is 12.0 Å². The summed E-state index contributed by atoms with van der Waals surface area (Å²) >= 11 is 1.13. The molecule has 0 N–H and O–H groups in total. The minimum atomic E-state index is -4.56. The largest absolute Gasteiger partial charge is 0.453 e. The SMILES string of the molecule is CC(C)Cc1ccc([C@@H](C)c2nn3c(C(F)(F)F)nnc3s2)cc1. The van der Waals surface area contributed by atoms with Crippen molar-refractivity contribution in [1.82, 2.24) is 19.8 Å². The van der Waals surface area contributed by atoms with Crippen molar-refractivity contribution in [3.63, 3.8) is 0 Å². The van der Waals surface area contributed by atoms with Gasteiger partial charge in [-0.15, -0.1) is 10.2 Å². The van der Waals surface area contributed by atoms with Gasteiger partial charge in [0.2, 0.25) is 4.96 Å². The Labute approximate surface area is 141 Å². The number of halogens is 3. The van der Waals surface area contributed by atoms with Crippen LogP contribution < -0.4 is 0 Å². The van der Waals surface area contributed by atoms with Crippen molar-refractivity contribution in [2.45, 2.75) is 39.3 Å². The van der Waals surface area contributed by atoms with E-state index >= 15 is 0 Å². The molecule has 24 heavy (non-hydrogen) atoms. The second-order valence-electron chi connectivity index (χ2n) is 6.22. The first-order valence-corrected chi connectivity index (χ1v) is 8.45. The highest BCUT2D eigenvalue weighted by molar-refractivity contribution is 7.16. The average molecular weight is 354 g/mol. The van der Waals surface area contributed by atoms with Gasteiger partial charge in [0.05, 0.1) is 0 Å². The van der Waals surface area contributed by atoms with Crippen molar-refractivity contribution >= 4 is 16.3 Å². The zero-order valence-electron chi connectivity index (χ0n) is 13.5. The van der Waals surface area contributed by atoms with Gasteiger partial charge < -0.3 is 0 Å². The third-order valence-corrected chi connectivity index (χ3v) is 4.84. The van der Waals surface area contributed by atoms with Gasteiger partial charge >= 0.3 is 6.18 Å². The zero-order chi connectivity index (χ0) is 17.5. The average Bonchev–Trinajstić information content (AvgIpc) is 3.05. The molecule has 0 amide bonds. The molecule has 8 heteroatoms. The first-order valence-electron chi connectivity index (χ1n) is 7.64. The molecule has 0 aliphatic heterocycles. The van der Waals surface area contributed by atoms with Crippen molar-refractivity contribution in [1.29, 1.82) is 0 Å². The highest BCUT2D eigenvalue weighted by Crippen LogP contribution is 2.32. The van der Waals surface area contributed by atoms with Crippen LogP contribution in [-0.2, 0) is 12.6 Å². The van der Waals surface area contributed by atoms with Crippen LogP contribution in [-0.4, -0.2) is 19.8 Å². The van der Waals surface area contributed by atoms with E-state index in [-0.39, 0.29) is 10.9 Å². The zero-order valence-corrected chi connectivity index (χ0v) is 14.3. The predicted octanol–water partition coefficient (Wildman–Crippen LogP) is 4.55. The molecule has 2 heterocycles. The first kappa shape index (κ1) is 16.9. The second kappa shape index (κ2) is 6.16. The van der Waals surface area contributed by atoms with E-state index in [4.69, 9.17) is 0 Å². The fourth-order valence-corrected chi connectivity index (χ4v) is 3.46. The van der Waals surface area contributed by atoms with Crippen LogP contribution in [0.25, 0.3) is 4.96 Å². The minimum Gasteiger partial charge on any atom is -0.178 e. The summed E-state index contributed by atoms with van der Waals surface area (Å²) in [5, 5.41) is 11.4. The number of hydrogen-bond acceptors (Lipinski definition) is 4. The van der Waals surface area contributed by atoms with Crippen LogP contribution in [0.2, 0.25) is 0 Å². The molecule has 3 aromatic rings. The summed E-state index contributed by atoms with van der Waals surface area (Å²) in [6.07, 6.45) is -3.56. The maximum absolute atomic E-state index is 12.9. The van der Waals surface area contributed by atoms with E-state index in [2.05, 4.69) is 41.3 Å². The Morgan fingerprint density at radius 2 is 1.75 bits per heavy atom. The number of aromatic nitrogens is 4. The van der Waals surface area contributed by atoms with Crippen LogP contribution in [0, 0.1) is 5.92 Å². The quantitative estimate of drug-likeness (QED) is 0.690. The summed E-state index contributed by atoms with van der Waals surface area (Å²) in [6.45, 7) is 6.25. The Bertz CT molecular complexity index is 833. The predicted molar refractivity (Wildman–Crippen MR) is 86.2 cm³/mol. The Morgan fingerprint density at radius 3 is 2.33 bits per heavy atom. The van der Waals surface area contributed by atoms with Gasteiger partial charge in [0.25, 0.3) is 5.82 Å². The molecule has 3 rings (SSSR count). The van der Waals surface area contributed by atoms with Gasteiger partial charge in [-0.2, -0.15) is 22.8 Å².